The van der Waals surface area contributed by atoms with Gasteiger partial charge in [0.2, 0.25) is 0 Å². The summed E-state index contributed by atoms with van der Waals surface area (Å²) in [5.41, 5.74) is 0.142. The molecule has 0 radical (unpaired) electrons. The smallest absolute Gasteiger partial charge is 0.256 e. The van der Waals surface area contributed by atoms with E-state index in [1.807, 2.05) is 28.2 Å². The van der Waals surface area contributed by atoms with Gasteiger partial charge in [0.25, 0.3) is 5.91 Å². The molecule has 1 aromatic carbocycles. The number of hydrogen-bond acceptors (Lipinski definition) is 3. The van der Waals surface area contributed by atoms with Crippen molar-refractivity contribution in [1.29, 1.82) is 0 Å². The van der Waals surface area contributed by atoms with Gasteiger partial charge in [0.05, 0.1) is 5.56 Å². The molecule has 0 spiro atoms. The predicted octanol–water partition coefficient (Wildman–Crippen LogP) is 2.93. The quantitative estimate of drug-likeness (QED) is 0.651. The van der Waals surface area contributed by atoms with E-state index in [0.717, 1.165) is 25.9 Å². The molecule has 0 N–H and O–H groups in total. The molecular weight excluding hydrogens is 361 g/mol. The van der Waals surface area contributed by atoms with Crippen LogP contribution in [-0.2, 0) is 0 Å². The van der Waals surface area contributed by atoms with Gasteiger partial charge in [0.1, 0.15) is 5.82 Å². The van der Waals surface area contributed by atoms with Crippen molar-refractivity contribution < 1.29 is 9.18 Å². The molecule has 0 fully saturated rings. The fraction of sp³-hybridized carbons (Fsp3) is 0.588. The molecule has 0 heterocycles. The summed E-state index contributed by atoms with van der Waals surface area (Å²) in [5.74, 6) is -0.706. The number of benzene rings is 1. The van der Waals surface area contributed by atoms with Gasteiger partial charge >= 0.3 is 0 Å². The first-order valence-corrected chi connectivity index (χ1v) is 8.64. The molecule has 1 amide bonds. The lowest BCUT2D eigenvalue weighted by Gasteiger charge is -2.24. The minimum atomic E-state index is -0.477. The van der Waals surface area contributed by atoms with Gasteiger partial charge in [0.15, 0.2) is 0 Å². The van der Waals surface area contributed by atoms with E-state index in [-0.39, 0.29) is 11.5 Å². The third-order valence-electron chi connectivity index (χ3n) is 3.52. The van der Waals surface area contributed by atoms with E-state index in [1.54, 1.807) is 17.0 Å². The number of amides is 1. The topological polar surface area (TPSA) is 26.8 Å². The highest BCUT2D eigenvalue weighted by Gasteiger charge is 2.19. The average molecular weight is 388 g/mol. The minimum absolute atomic E-state index is 0.142. The number of carbonyl (C=O) groups is 1. The Kier molecular flexibility index (Phi) is 8.73. The summed E-state index contributed by atoms with van der Waals surface area (Å²) >= 11 is 3.22. The summed E-state index contributed by atoms with van der Waals surface area (Å²) in [6.45, 7) is 3.08. The van der Waals surface area contributed by atoms with E-state index in [9.17, 15) is 9.18 Å². The fourth-order valence-corrected chi connectivity index (χ4v) is 2.64. The Morgan fingerprint density at radius 2 is 1.52 bits per heavy atom. The first kappa shape index (κ1) is 20.1. The van der Waals surface area contributed by atoms with Crippen LogP contribution < -0.4 is 0 Å². The van der Waals surface area contributed by atoms with Gasteiger partial charge in [-0.2, -0.15) is 0 Å². The Balaban J connectivity index is 2.77. The Bertz CT molecular complexity index is 495. The van der Waals surface area contributed by atoms with E-state index >= 15 is 0 Å². The van der Waals surface area contributed by atoms with Crippen LogP contribution in [0.15, 0.2) is 22.7 Å². The summed E-state index contributed by atoms with van der Waals surface area (Å²) in [4.78, 5) is 18.6. The molecule has 23 heavy (non-hydrogen) atoms. The largest absolute Gasteiger partial charge is 0.338 e. The van der Waals surface area contributed by atoms with Gasteiger partial charge < -0.3 is 14.7 Å². The molecule has 0 saturated carbocycles. The maximum absolute atomic E-state index is 14.1. The average Bonchev–Trinajstić information content (AvgIpc) is 2.44. The second kappa shape index (κ2) is 10.0. The zero-order valence-corrected chi connectivity index (χ0v) is 16.1. The van der Waals surface area contributed by atoms with Crippen molar-refractivity contribution in [2.45, 2.75) is 12.8 Å². The second-order valence-corrected chi connectivity index (χ2v) is 7.15. The Morgan fingerprint density at radius 1 is 1.00 bits per heavy atom. The molecule has 6 heteroatoms. The lowest BCUT2D eigenvalue weighted by molar-refractivity contribution is 0.0740. The van der Waals surface area contributed by atoms with Gasteiger partial charge in [-0.3, -0.25) is 4.79 Å². The number of halogens is 2. The molecule has 1 aromatic rings. The van der Waals surface area contributed by atoms with Crippen LogP contribution in [0.3, 0.4) is 0 Å². The summed E-state index contributed by atoms with van der Waals surface area (Å²) in [6.07, 6.45) is 1.75. The Hall–Kier alpha value is -0.980. The molecule has 0 aliphatic heterocycles. The van der Waals surface area contributed by atoms with Crippen LogP contribution in [-0.4, -0.2) is 75.0 Å². The van der Waals surface area contributed by atoms with E-state index < -0.39 is 5.82 Å². The molecular formula is C17H27BrFN3O. The number of carbonyl (C=O) groups excluding carboxylic acids is 1. The van der Waals surface area contributed by atoms with Crippen molar-refractivity contribution >= 4 is 21.8 Å². The van der Waals surface area contributed by atoms with Crippen LogP contribution >= 0.6 is 15.9 Å². The molecule has 0 unspecified atom stereocenters. The number of nitrogens with zero attached hydrogens (tertiary/aromatic N) is 3. The van der Waals surface area contributed by atoms with Gasteiger partial charge in [-0.1, -0.05) is 15.9 Å². The van der Waals surface area contributed by atoms with Crippen molar-refractivity contribution in [2.75, 3.05) is 54.4 Å². The molecule has 130 valence electrons. The third-order valence-corrected chi connectivity index (χ3v) is 4.01. The standard InChI is InChI=1S/C17H27BrFN3O/c1-20(2)9-5-11-22(12-6-10-21(3)4)17(23)15-8-7-14(18)13-16(15)19/h7-8,13H,5-6,9-12H2,1-4H3. The third kappa shape index (κ3) is 7.42. The number of hydrogen-bond donors (Lipinski definition) is 0. The molecule has 4 nitrogen and oxygen atoms in total. The molecule has 0 bridgehead atoms. The van der Waals surface area contributed by atoms with Crippen molar-refractivity contribution in [1.82, 2.24) is 14.7 Å². The summed E-state index contributed by atoms with van der Waals surface area (Å²) in [6, 6.07) is 4.59. The van der Waals surface area contributed by atoms with Crippen LogP contribution in [0.5, 0.6) is 0 Å². The molecule has 0 aromatic heterocycles. The minimum Gasteiger partial charge on any atom is -0.338 e. The summed E-state index contributed by atoms with van der Waals surface area (Å²) in [5, 5.41) is 0. The Labute approximate surface area is 147 Å². The highest BCUT2D eigenvalue weighted by molar-refractivity contribution is 9.10. The molecule has 0 aliphatic rings. The highest BCUT2D eigenvalue weighted by Crippen LogP contribution is 2.17. The summed E-state index contributed by atoms with van der Waals surface area (Å²) in [7, 11) is 8.03. The van der Waals surface area contributed by atoms with Crippen LogP contribution in [0.2, 0.25) is 0 Å². The lowest BCUT2D eigenvalue weighted by Crippen LogP contribution is -2.36. The number of rotatable bonds is 9. The van der Waals surface area contributed by atoms with Crippen molar-refractivity contribution in [2.24, 2.45) is 0 Å². The van der Waals surface area contributed by atoms with Crippen LogP contribution in [0.25, 0.3) is 0 Å². The second-order valence-electron chi connectivity index (χ2n) is 6.23. The van der Waals surface area contributed by atoms with Crippen LogP contribution in [0.4, 0.5) is 4.39 Å². The van der Waals surface area contributed by atoms with Gasteiger partial charge in [0, 0.05) is 17.6 Å². The van der Waals surface area contributed by atoms with Crippen LogP contribution in [0.1, 0.15) is 23.2 Å². The summed E-state index contributed by atoms with van der Waals surface area (Å²) < 4.78 is 14.7. The maximum atomic E-state index is 14.1. The lowest BCUT2D eigenvalue weighted by atomic mass is 10.1. The molecule has 0 saturated heterocycles. The molecule has 0 aliphatic carbocycles. The Morgan fingerprint density at radius 3 is 1.96 bits per heavy atom. The van der Waals surface area contributed by atoms with E-state index in [0.29, 0.717) is 17.6 Å². The van der Waals surface area contributed by atoms with E-state index in [2.05, 4.69) is 25.7 Å². The zero-order valence-electron chi connectivity index (χ0n) is 14.5. The van der Waals surface area contributed by atoms with E-state index in [4.69, 9.17) is 0 Å². The zero-order chi connectivity index (χ0) is 17.4. The van der Waals surface area contributed by atoms with Crippen molar-refractivity contribution in [3.63, 3.8) is 0 Å². The fourth-order valence-electron chi connectivity index (χ4n) is 2.30. The first-order chi connectivity index (χ1) is 10.8. The highest BCUT2D eigenvalue weighted by atomic mass is 79.9. The molecule has 1 rings (SSSR count). The van der Waals surface area contributed by atoms with Gasteiger partial charge in [-0.15, -0.1) is 0 Å². The van der Waals surface area contributed by atoms with Crippen molar-refractivity contribution in [3.8, 4) is 0 Å². The monoisotopic (exact) mass is 387 g/mol. The first-order valence-electron chi connectivity index (χ1n) is 7.85. The normalized spacial score (nSPS) is 11.3. The van der Waals surface area contributed by atoms with Crippen LogP contribution in [0, 0.1) is 5.82 Å². The predicted molar refractivity (Wildman–Crippen MR) is 96.3 cm³/mol. The van der Waals surface area contributed by atoms with E-state index in [1.165, 1.54) is 6.07 Å². The van der Waals surface area contributed by atoms with Gasteiger partial charge in [-0.25, -0.2) is 4.39 Å². The molecule has 0 atom stereocenters. The maximum Gasteiger partial charge on any atom is 0.256 e. The van der Waals surface area contributed by atoms with Gasteiger partial charge in [-0.05, 0) is 72.3 Å². The SMILES string of the molecule is CN(C)CCCN(CCCN(C)C)C(=O)c1ccc(Br)cc1F. The van der Waals surface area contributed by atoms with Crippen molar-refractivity contribution in [3.05, 3.63) is 34.1 Å².